The van der Waals surface area contributed by atoms with Crippen molar-refractivity contribution in [3.05, 3.63) is 54.1 Å². The van der Waals surface area contributed by atoms with E-state index >= 15 is 0 Å². The lowest BCUT2D eigenvalue weighted by Crippen LogP contribution is -2.36. The van der Waals surface area contributed by atoms with Gasteiger partial charge in [0.15, 0.2) is 6.10 Å². The molecular formula is C22H26N2O5. The summed E-state index contributed by atoms with van der Waals surface area (Å²) < 4.78 is 16.0. The number of benzene rings is 2. The van der Waals surface area contributed by atoms with Gasteiger partial charge in [0.25, 0.3) is 5.91 Å². The standard InChI is InChI=1S/C22H26N2O5/c1-3-28-20-10-4-17(5-11-20)22(26)29-16(2)21(25)23-18-6-8-19(9-7-18)24-12-14-27-15-13-24/h4-11,16H,3,12-15H2,1-2H3,(H,23,25)/t16-/m1/s1. The number of carbonyl (C=O) groups is 2. The van der Waals surface area contributed by atoms with Crippen molar-refractivity contribution < 1.29 is 23.8 Å². The minimum atomic E-state index is -0.923. The van der Waals surface area contributed by atoms with Gasteiger partial charge in [0, 0.05) is 24.5 Å². The second kappa shape index (κ2) is 9.93. The molecule has 0 radical (unpaired) electrons. The Kier molecular flexibility index (Phi) is 7.08. The molecule has 0 spiro atoms. The Morgan fingerprint density at radius 1 is 1.07 bits per heavy atom. The number of amides is 1. The largest absolute Gasteiger partial charge is 0.494 e. The zero-order valence-electron chi connectivity index (χ0n) is 16.7. The number of anilines is 2. The third kappa shape index (κ3) is 5.71. The van der Waals surface area contributed by atoms with Crippen LogP contribution in [0.4, 0.5) is 11.4 Å². The number of nitrogens with zero attached hydrogens (tertiary/aromatic N) is 1. The number of ether oxygens (including phenoxy) is 3. The Morgan fingerprint density at radius 3 is 2.34 bits per heavy atom. The Hall–Kier alpha value is -3.06. The molecule has 154 valence electrons. The van der Waals surface area contributed by atoms with Crippen molar-refractivity contribution in [2.45, 2.75) is 20.0 Å². The Morgan fingerprint density at radius 2 is 1.72 bits per heavy atom. The highest BCUT2D eigenvalue weighted by molar-refractivity contribution is 5.97. The topological polar surface area (TPSA) is 77.1 Å². The van der Waals surface area contributed by atoms with E-state index in [1.807, 2.05) is 31.2 Å². The molecule has 7 nitrogen and oxygen atoms in total. The first-order chi connectivity index (χ1) is 14.1. The van der Waals surface area contributed by atoms with Crippen molar-refractivity contribution in [3.8, 4) is 5.75 Å². The fourth-order valence-electron chi connectivity index (χ4n) is 2.96. The highest BCUT2D eigenvalue weighted by Crippen LogP contribution is 2.19. The monoisotopic (exact) mass is 398 g/mol. The summed E-state index contributed by atoms with van der Waals surface area (Å²) in [4.78, 5) is 26.8. The summed E-state index contributed by atoms with van der Waals surface area (Å²) in [6, 6.07) is 14.2. The van der Waals surface area contributed by atoms with Crippen LogP contribution in [0.2, 0.25) is 0 Å². The molecule has 0 bridgehead atoms. The van der Waals surface area contributed by atoms with E-state index in [0.29, 0.717) is 23.6 Å². The predicted octanol–water partition coefficient (Wildman–Crippen LogP) is 3.11. The fourth-order valence-corrected chi connectivity index (χ4v) is 2.96. The minimum absolute atomic E-state index is 0.364. The van der Waals surface area contributed by atoms with Crippen LogP contribution in [-0.4, -0.2) is 50.9 Å². The number of hydrogen-bond acceptors (Lipinski definition) is 6. The maximum Gasteiger partial charge on any atom is 0.338 e. The van der Waals surface area contributed by atoms with Crippen LogP contribution in [-0.2, 0) is 14.3 Å². The van der Waals surface area contributed by atoms with Crippen LogP contribution in [0, 0.1) is 0 Å². The van der Waals surface area contributed by atoms with E-state index in [-0.39, 0.29) is 5.91 Å². The van der Waals surface area contributed by atoms with Crippen LogP contribution in [0.1, 0.15) is 24.2 Å². The lowest BCUT2D eigenvalue weighted by atomic mass is 10.2. The summed E-state index contributed by atoms with van der Waals surface area (Å²) in [7, 11) is 0. The number of hydrogen-bond donors (Lipinski definition) is 1. The van der Waals surface area contributed by atoms with E-state index in [1.54, 1.807) is 31.2 Å². The summed E-state index contributed by atoms with van der Waals surface area (Å²) in [6.07, 6.45) is -0.923. The molecule has 1 fully saturated rings. The van der Waals surface area contributed by atoms with Gasteiger partial charge in [0.1, 0.15) is 5.75 Å². The molecule has 1 atom stereocenters. The van der Waals surface area contributed by atoms with Gasteiger partial charge in [-0.05, 0) is 62.4 Å². The molecule has 0 aliphatic carbocycles. The number of rotatable bonds is 7. The Labute approximate surface area is 170 Å². The van der Waals surface area contributed by atoms with Gasteiger partial charge in [-0.25, -0.2) is 4.79 Å². The second-order valence-corrected chi connectivity index (χ2v) is 6.64. The lowest BCUT2D eigenvalue weighted by molar-refractivity contribution is -0.123. The Balaban J connectivity index is 1.52. The van der Waals surface area contributed by atoms with Crippen molar-refractivity contribution in [2.24, 2.45) is 0 Å². The van der Waals surface area contributed by atoms with Crippen molar-refractivity contribution in [1.29, 1.82) is 0 Å². The predicted molar refractivity (Wildman–Crippen MR) is 111 cm³/mol. The molecular weight excluding hydrogens is 372 g/mol. The number of nitrogens with one attached hydrogen (secondary N) is 1. The van der Waals surface area contributed by atoms with Crippen molar-refractivity contribution >= 4 is 23.3 Å². The van der Waals surface area contributed by atoms with Gasteiger partial charge >= 0.3 is 5.97 Å². The molecule has 7 heteroatoms. The molecule has 29 heavy (non-hydrogen) atoms. The molecule has 1 aliphatic rings. The van der Waals surface area contributed by atoms with Crippen LogP contribution in [0.25, 0.3) is 0 Å². The van der Waals surface area contributed by atoms with Gasteiger partial charge in [-0.3, -0.25) is 4.79 Å². The lowest BCUT2D eigenvalue weighted by Gasteiger charge is -2.28. The minimum Gasteiger partial charge on any atom is -0.494 e. The van der Waals surface area contributed by atoms with Crippen LogP contribution >= 0.6 is 0 Å². The first kappa shape index (κ1) is 20.7. The van der Waals surface area contributed by atoms with Crippen molar-refractivity contribution in [1.82, 2.24) is 0 Å². The molecule has 1 aliphatic heterocycles. The summed E-state index contributed by atoms with van der Waals surface area (Å²) in [6.45, 7) is 7.12. The van der Waals surface area contributed by atoms with Gasteiger partial charge in [0.05, 0.1) is 25.4 Å². The molecule has 0 saturated carbocycles. The summed E-state index contributed by atoms with van der Waals surface area (Å²) >= 11 is 0. The average molecular weight is 398 g/mol. The zero-order valence-corrected chi connectivity index (χ0v) is 16.7. The molecule has 1 N–H and O–H groups in total. The summed E-state index contributed by atoms with van der Waals surface area (Å²) in [5.41, 5.74) is 2.10. The van der Waals surface area contributed by atoms with E-state index in [0.717, 1.165) is 32.0 Å². The smallest absolute Gasteiger partial charge is 0.338 e. The third-order valence-electron chi connectivity index (χ3n) is 4.57. The first-order valence-corrected chi connectivity index (χ1v) is 9.74. The second-order valence-electron chi connectivity index (χ2n) is 6.64. The third-order valence-corrected chi connectivity index (χ3v) is 4.57. The van der Waals surface area contributed by atoms with Gasteiger partial charge in [-0.15, -0.1) is 0 Å². The van der Waals surface area contributed by atoms with E-state index < -0.39 is 12.1 Å². The van der Waals surface area contributed by atoms with E-state index in [1.165, 1.54) is 0 Å². The van der Waals surface area contributed by atoms with Crippen LogP contribution < -0.4 is 15.0 Å². The summed E-state index contributed by atoms with van der Waals surface area (Å²) in [5.74, 6) is -0.267. The molecule has 3 rings (SSSR count). The molecule has 0 unspecified atom stereocenters. The van der Waals surface area contributed by atoms with Gasteiger partial charge in [0.2, 0.25) is 0 Å². The molecule has 0 aromatic heterocycles. The van der Waals surface area contributed by atoms with Gasteiger partial charge < -0.3 is 24.4 Å². The quantitative estimate of drug-likeness (QED) is 0.722. The Bertz CT molecular complexity index is 814. The molecule has 2 aromatic rings. The van der Waals surface area contributed by atoms with Crippen LogP contribution in [0.15, 0.2) is 48.5 Å². The van der Waals surface area contributed by atoms with E-state index in [2.05, 4.69) is 10.2 Å². The highest BCUT2D eigenvalue weighted by Gasteiger charge is 2.19. The van der Waals surface area contributed by atoms with Crippen LogP contribution in [0.3, 0.4) is 0 Å². The highest BCUT2D eigenvalue weighted by atomic mass is 16.5. The number of carbonyl (C=O) groups excluding carboxylic acids is 2. The fraction of sp³-hybridized carbons (Fsp3) is 0.364. The van der Waals surface area contributed by atoms with E-state index in [4.69, 9.17) is 14.2 Å². The number of esters is 1. The number of morpholine rings is 1. The SMILES string of the molecule is CCOc1ccc(C(=O)O[C@H](C)C(=O)Nc2ccc(N3CCOCC3)cc2)cc1. The van der Waals surface area contributed by atoms with Gasteiger partial charge in [-0.2, -0.15) is 0 Å². The van der Waals surface area contributed by atoms with E-state index in [9.17, 15) is 9.59 Å². The van der Waals surface area contributed by atoms with Gasteiger partial charge in [-0.1, -0.05) is 0 Å². The average Bonchev–Trinajstić information content (AvgIpc) is 2.75. The zero-order chi connectivity index (χ0) is 20.6. The molecule has 1 heterocycles. The maximum atomic E-state index is 12.4. The molecule has 1 amide bonds. The maximum absolute atomic E-state index is 12.4. The first-order valence-electron chi connectivity index (χ1n) is 9.74. The van der Waals surface area contributed by atoms with Crippen molar-refractivity contribution in [2.75, 3.05) is 43.1 Å². The molecule has 2 aromatic carbocycles. The molecule has 1 saturated heterocycles. The normalized spacial score (nSPS) is 14.8. The van der Waals surface area contributed by atoms with Crippen molar-refractivity contribution in [3.63, 3.8) is 0 Å². The van der Waals surface area contributed by atoms with Crippen LogP contribution in [0.5, 0.6) is 5.75 Å². The summed E-state index contributed by atoms with van der Waals surface area (Å²) in [5, 5.41) is 2.78.